The van der Waals surface area contributed by atoms with E-state index in [9.17, 15) is 13.2 Å². The van der Waals surface area contributed by atoms with Gasteiger partial charge < -0.3 is 13.6 Å². The van der Waals surface area contributed by atoms with E-state index >= 15 is 0 Å². The summed E-state index contributed by atoms with van der Waals surface area (Å²) >= 11 is 1.37. The highest BCUT2D eigenvalue weighted by atomic mass is 32.2. The lowest BCUT2D eigenvalue weighted by Crippen LogP contribution is -2.30. The Morgan fingerprint density at radius 1 is 1.08 bits per heavy atom. The number of hydrogen-bond acceptors (Lipinski definition) is 6. The molecule has 3 aromatic heterocycles. The molecular weight excluding hydrogens is 496 g/mol. The van der Waals surface area contributed by atoms with Crippen molar-refractivity contribution in [2.75, 3.05) is 18.8 Å². The average molecular weight is 529 g/mol. The van der Waals surface area contributed by atoms with Crippen LogP contribution in [0.15, 0.2) is 57.1 Å². The lowest BCUT2D eigenvalue weighted by molar-refractivity contribution is 0.102. The molecule has 0 N–H and O–H groups in total. The van der Waals surface area contributed by atoms with E-state index in [-0.39, 0.29) is 16.4 Å². The summed E-state index contributed by atoms with van der Waals surface area (Å²) in [6.07, 6.45) is 1.65. The van der Waals surface area contributed by atoms with E-state index in [1.54, 1.807) is 24.5 Å². The standard InChI is InChI=1S/C26H32N4O4S2/c1-6-28(7-2)36(32,33)21-11-12-24-23(15-21)27-26(29(24)8-3)35-17-25(31)22-14-18(4)30(19(22)5)16-20-10-9-13-34-20/h9-15H,6-8,16-17H2,1-5H3. The minimum absolute atomic E-state index is 0.0262. The number of carbonyl (C=O) groups excluding carboxylic acids is 1. The average Bonchev–Trinajstić information content (AvgIpc) is 3.57. The summed E-state index contributed by atoms with van der Waals surface area (Å²) in [7, 11) is -3.58. The molecule has 0 unspecified atom stereocenters. The zero-order valence-corrected chi connectivity index (χ0v) is 22.9. The molecule has 3 heterocycles. The number of imidazole rings is 1. The molecule has 192 valence electrons. The summed E-state index contributed by atoms with van der Waals surface area (Å²) in [5.74, 6) is 1.10. The zero-order chi connectivity index (χ0) is 26.0. The number of carbonyl (C=O) groups is 1. The Morgan fingerprint density at radius 2 is 1.83 bits per heavy atom. The summed E-state index contributed by atoms with van der Waals surface area (Å²) < 4.78 is 36.9. The van der Waals surface area contributed by atoms with E-state index in [2.05, 4.69) is 4.57 Å². The molecule has 36 heavy (non-hydrogen) atoms. The van der Waals surface area contributed by atoms with E-state index < -0.39 is 10.0 Å². The van der Waals surface area contributed by atoms with Gasteiger partial charge in [0.25, 0.3) is 0 Å². The summed E-state index contributed by atoms with van der Waals surface area (Å²) in [5, 5.41) is 0.697. The van der Waals surface area contributed by atoms with Crippen LogP contribution >= 0.6 is 11.8 Å². The fourth-order valence-electron chi connectivity index (χ4n) is 4.47. The highest BCUT2D eigenvalue weighted by Gasteiger charge is 2.23. The van der Waals surface area contributed by atoms with E-state index in [1.807, 2.05) is 57.4 Å². The van der Waals surface area contributed by atoms with Crippen LogP contribution in [0.3, 0.4) is 0 Å². The molecule has 0 amide bonds. The van der Waals surface area contributed by atoms with E-state index in [0.29, 0.717) is 42.4 Å². The van der Waals surface area contributed by atoms with Crippen LogP contribution in [0.2, 0.25) is 0 Å². The maximum atomic E-state index is 13.2. The number of aryl methyl sites for hydroxylation is 2. The SMILES string of the molecule is CCN(CC)S(=O)(=O)c1ccc2c(c1)nc(SCC(=O)c1cc(C)n(Cc3ccco3)c1C)n2CC. The van der Waals surface area contributed by atoms with Gasteiger partial charge >= 0.3 is 0 Å². The van der Waals surface area contributed by atoms with Crippen molar-refractivity contribution in [1.82, 2.24) is 18.4 Å². The van der Waals surface area contributed by atoms with Crippen molar-refractivity contribution >= 4 is 38.6 Å². The molecule has 0 aliphatic heterocycles. The summed E-state index contributed by atoms with van der Waals surface area (Å²) in [6, 6.07) is 10.8. The molecule has 0 aliphatic rings. The zero-order valence-electron chi connectivity index (χ0n) is 21.3. The van der Waals surface area contributed by atoms with Gasteiger partial charge in [-0.25, -0.2) is 13.4 Å². The highest BCUT2D eigenvalue weighted by Crippen LogP contribution is 2.28. The molecule has 0 saturated heterocycles. The van der Waals surface area contributed by atoms with Crippen molar-refractivity contribution in [2.45, 2.75) is 57.8 Å². The number of fused-ring (bicyclic) bond motifs is 1. The lowest BCUT2D eigenvalue weighted by atomic mass is 10.2. The lowest BCUT2D eigenvalue weighted by Gasteiger charge is -2.18. The minimum Gasteiger partial charge on any atom is -0.467 e. The van der Waals surface area contributed by atoms with Crippen LogP contribution in [-0.4, -0.2) is 51.5 Å². The molecule has 0 radical (unpaired) electrons. The van der Waals surface area contributed by atoms with Crippen LogP contribution < -0.4 is 0 Å². The van der Waals surface area contributed by atoms with Gasteiger partial charge in [0.05, 0.1) is 34.5 Å². The largest absolute Gasteiger partial charge is 0.467 e. The molecule has 0 spiro atoms. The van der Waals surface area contributed by atoms with Gasteiger partial charge in [-0.2, -0.15) is 4.31 Å². The third kappa shape index (κ3) is 4.89. The molecular formula is C26H32N4O4S2. The maximum absolute atomic E-state index is 13.2. The van der Waals surface area contributed by atoms with Crippen molar-refractivity contribution in [3.63, 3.8) is 0 Å². The van der Waals surface area contributed by atoms with Crippen molar-refractivity contribution < 1.29 is 17.6 Å². The predicted molar refractivity (Wildman–Crippen MR) is 142 cm³/mol. The fourth-order valence-corrected chi connectivity index (χ4v) is 6.91. The molecule has 4 aromatic rings. The number of rotatable bonds is 11. The molecule has 4 rings (SSSR count). The summed E-state index contributed by atoms with van der Waals surface area (Å²) in [5.41, 5.74) is 4.06. The van der Waals surface area contributed by atoms with Gasteiger partial charge in [0.2, 0.25) is 10.0 Å². The van der Waals surface area contributed by atoms with Gasteiger partial charge in [0, 0.05) is 36.6 Å². The smallest absolute Gasteiger partial charge is 0.243 e. The van der Waals surface area contributed by atoms with E-state index in [1.165, 1.54) is 16.1 Å². The number of benzene rings is 1. The van der Waals surface area contributed by atoms with E-state index in [4.69, 9.17) is 9.40 Å². The van der Waals surface area contributed by atoms with E-state index in [0.717, 1.165) is 22.7 Å². The Labute approximate surface area is 216 Å². The molecule has 0 fully saturated rings. The van der Waals surface area contributed by atoms with Crippen molar-refractivity contribution in [3.05, 3.63) is 65.4 Å². The monoisotopic (exact) mass is 528 g/mol. The number of thioether (sulfide) groups is 1. The van der Waals surface area contributed by atoms with Crippen molar-refractivity contribution in [3.8, 4) is 0 Å². The number of aromatic nitrogens is 3. The highest BCUT2D eigenvalue weighted by molar-refractivity contribution is 7.99. The van der Waals surface area contributed by atoms with Crippen LogP contribution in [0.25, 0.3) is 11.0 Å². The van der Waals surface area contributed by atoms with Crippen LogP contribution in [0.1, 0.15) is 48.3 Å². The quantitative estimate of drug-likeness (QED) is 0.198. The van der Waals surface area contributed by atoms with Gasteiger partial charge in [-0.1, -0.05) is 25.6 Å². The number of furan rings is 1. The van der Waals surface area contributed by atoms with Crippen molar-refractivity contribution in [2.24, 2.45) is 0 Å². The normalized spacial score (nSPS) is 12.2. The molecule has 10 heteroatoms. The Bertz CT molecular complexity index is 1480. The van der Waals surface area contributed by atoms with Crippen LogP contribution in [0.5, 0.6) is 0 Å². The summed E-state index contributed by atoms with van der Waals surface area (Å²) in [6.45, 7) is 11.7. The fraction of sp³-hybridized carbons (Fsp3) is 0.385. The Hall–Kier alpha value is -2.82. The number of hydrogen-bond donors (Lipinski definition) is 0. The molecule has 0 bridgehead atoms. The first kappa shape index (κ1) is 26.2. The third-order valence-corrected chi connectivity index (χ3v) is 9.47. The minimum atomic E-state index is -3.58. The van der Waals surface area contributed by atoms with Crippen LogP contribution in [0, 0.1) is 13.8 Å². The topological polar surface area (TPSA) is 90.3 Å². The van der Waals surface area contributed by atoms with Gasteiger partial charge in [0.1, 0.15) is 5.76 Å². The van der Waals surface area contributed by atoms with Gasteiger partial charge in [0.15, 0.2) is 10.9 Å². The maximum Gasteiger partial charge on any atom is 0.243 e. The first-order valence-electron chi connectivity index (χ1n) is 12.1. The molecule has 1 aromatic carbocycles. The number of nitrogens with zero attached hydrogens (tertiary/aromatic N) is 4. The molecule has 0 atom stereocenters. The van der Waals surface area contributed by atoms with Gasteiger partial charge in [-0.3, -0.25) is 4.79 Å². The third-order valence-electron chi connectivity index (χ3n) is 6.44. The van der Waals surface area contributed by atoms with Gasteiger partial charge in [-0.05, 0) is 57.2 Å². The number of sulfonamides is 1. The Morgan fingerprint density at radius 3 is 2.47 bits per heavy atom. The van der Waals surface area contributed by atoms with Crippen LogP contribution in [-0.2, 0) is 23.1 Å². The Balaban J connectivity index is 1.57. The first-order chi connectivity index (χ1) is 17.2. The second kappa shape index (κ2) is 10.7. The van der Waals surface area contributed by atoms with Gasteiger partial charge in [-0.15, -0.1) is 0 Å². The molecule has 0 saturated carbocycles. The second-order valence-electron chi connectivity index (χ2n) is 8.54. The second-order valence-corrected chi connectivity index (χ2v) is 11.4. The first-order valence-corrected chi connectivity index (χ1v) is 14.5. The Kier molecular flexibility index (Phi) is 7.77. The van der Waals surface area contributed by atoms with Crippen LogP contribution in [0.4, 0.5) is 0 Å². The summed E-state index contributed by atoms with van der Waals surface area (Å²) in [4.78, 5) is 18.1. The molecule has 8 nitrogen and oxygen atoms in total. The van der Waals surface area contributed by atoms with Crippen molar-refractivity contribution in [1.29, 1.82) is 0 Å². The number of Topliss-reactive ketones (excluding diaryl/α,β-unsaturated/α-hetero) is 1. The molecule has 0 aliphatic carbocycles. The predicted octanol–water partition coefficient (Wildman–Crippen LogP) is 5.12. The number of ketones is 1.